The Labute approximate surface area is 257 Å². The van der Waals surface area contributed by atoms with Gasteiger partial charge in [0.25, 0.3) is 0 Å². The van der Waals surface area contributed by atoms with Crippen LogP contribution in [-0.2, 0) is 29.6 Å². The quantitative estimate of drug-likeness (QED) is 0.392. The highest BCUT2D eigenvalue weighted by molar-refractivity contribution is 9.10. The van der Waals surface area contributed by atoms with Crippen LogP contribution >= 0.6 is 31.9 Å². The van der Waals surface area contributed by atoms with Crippen molar-refractivity contribution in [3.8, 4) is 0 Å². The number of hydrogen-bond acceptors (Lipinski definition) is 12. The van der Waals surface area contributed by atoms with Crippen molar-refractivity contribution in [3.05, 3.63) is 34.0 Å². The fourth-order valence-electron chi connectivity index (χ4n) is 3.99. The number of esters is 1. The smallest absolute Gasteiger partial charge is 0.323 e. The number of anilines is 2. The second kappa shape index (κ2) is 14.0. The summed E-state index contributed by atoms with van der Waals surface area (Å²) in [6, 6.07) is 0. The van der Waals surface area contributed by atoms with Crippen LogP contribution in [0.15, 0.2) is 34.0 Å². The lowest BCUT2D eigenvalue weighted by atomic mass is 10.2. The molecule has 228 valence electrons. The molecule has 2 fully saturated rings. The summed E-state index contributed by atoms with van der Waals surface area (Å²) in [5.74, 6) is 0.106. The summed E-state index contributed by atoms with van der Waals surface area (Å²) >= 11 is 6.45. The van der Waals surface area contributed by atoms with E-state index in [1.54, 1.807) is 45.6 Å². The standard InChI is InChI=1S/C14H21BrN4O4S.C9H13BrN4O2S/c1-14(2,3)23-13(20)10-24(21,22)19-6-4-18(5-7-19)12-9-16-11(15)8-17-12;1-17(15,16)14-4-2-13(3-5-14)9-7-11-8(10)6-12-9/h8-9H,4-7,10H2,1-3H3;6-7H,2-5H2,1H3. The summed E-state index contributed by atoms with van der Waals surface area (Å²) in [5, 5.41) is 0. The largest absolute Gasteiger partial charge is 0.459 e. The van der Waals surface area contributed by atoms with Gasteiger partial charge in [-0.15, -0.1) is 0 Å². The Kier molecular flexibility index (Phi) is 11.4. The second-order valence-electron chi connectivity index (χ2n) is 10.3. The second-order valence-corrected chi connectivity index (χ2v) is 15.8. The van der Waals surface area contributed by atoms with Gasteiger partial charge in [-0.25, -0.2) is 36.8 Å². The highest BCUT2D eigenvalue weighted by Crippen LogP contribution is 2.17. The molecular formula is C23H34Br2N8O6S2. The lowest BCUT2D eigenvalue weighted by Gasteiger charge is -2.34. The maximum Gasteiger partial charge on any atom is 0.323 e. The van der Waals surface area contributed by atoms with Crippen LogP contribution in [-0.4, -0.2) is 121 Å². The first-order valence-electron chi connectivity index (χ1n) is 12.6. The van der Waals surface area contributed by atoms with Gasteiger partial charge in [0.15, 0.2) is 5.75 Å². The molecule has 2 aromatic heterocycles. The molecule has 2 aliphatic rings. The zero-order chi connectivity index (χ0) is 30.4. The number of ether oxygens (including phenoxy) is 1. The van der Waals surface area contributed by atoms with E-state index in [4.69, 9.17) is 4.74 Å². The van der Waals surface area contributed by atoms with Crippen LogP contribution < -0.4 is 9.80 Å². The van der Waals surface area contributed by atoms with E-state index in [2.05, 4.69) is 51.8 Å². The van der Waals surface area contributed by atoms with Crippen LogP contribution in [0, 0.1) is 0 Å². The minimum absolute atomic E-state index is 0.295. The number of halogens is 2. The molecule has 41 heavy (non-hydrogen) atoms. The third-order valence-corrected chi connectivity index (χ3v) is 9.80. The van der Waals surface area contributed by atoms with E-state index in [-0.39, 0.29) is 0 Å². The molecule has 2 aromatic rings. The number of aromatic nitrogens is 4. The fourth-order valence-corrected chi connectivity index (χ4v) is 6.49. The minimum Gasteiger partial charge on any atom is -0.459 e. The van der Waals surface area contributed by atoms with E-state index in [0.29, 0.717) is 67.4 Å². The lowest BCUT2D eigenvalue weighted by Crippen LogP contribution is -2.50. The Morgan fingerprint density at radius 2 is 1.17 bits per heavy atom. The Bertz CT molecular complexity index is 1370. The monoisotopic (exact) mass is 740 g/mol. The molecule has 0 atom stereocenters. The topological polar surface area (TPSA) is 159 Å². The molecule has 4 rings (SSSR count). The van der Waals surface area contributed by atoms with E-state index in [9.17, 15) is 21.6 Å². The Hall–Kier alpha value is -1.99. The summed E-state index contributed by atoms with van der Waals surface area (Å²) in [6.07, 6.45) is 7.79. The molecule has 0 aromatic carbocycles. The Balaban J connectivity index is 0.000000239. The molecule has 0 N–H and O–H groups in total. The number of piperazine rings is 2. The summed E-state index contributed by atoms with van der Waals surface area (Å²) in [7, 11) is -6.75. The van der Waals surface area contributed by atoms with Gasteiger partial charge >= 0.3 is 5.97 Å². The minimum atomic E-state index is -3.68. The normalized spacial score (nSPS) is 17.5. The van der Waals surface area contributed by atoms with Crippen molar-refractivity contribution in [3.63, 3.8) is 0 Å². The van der Waals surface area contributed by atoms with E-state index >= 15 is 0 Å². The molecule has 0 unspecified atom stereocenters. The van der Waals surface area contributed by atoms with E-state index in [1.165, 1.54) is 14.9 Å². The van der Waals surface area contributed by atoms with Gasteiger partial charge in [-0.2, -0.15) is 8.61 Å². The van der Waals surface area contributed by atoms with Crippen LogP contribution in [0.4, 0.5) is 11.6 Å². The maximum atomic E-state index is 12.3. The van der Waals surface area contributed by atoms with Crippen molar-refractivity contribution in [1.29, 1.82) is 0 Å². The number of carbonyl (C=O) groups is 1. The van der Waals surface area contributed by atoms with Gasteiger partial charge in [0.1, 0.15) is 26.4 Å². The molecule has 4 heterocycles. The highest BCUT2D eigenvalue weighted by atomic mass is 79.9. The van der Waals surface area contributed by atoms with Gasteiger partial charge < -0.3 is 14.5 Å². The van der Waals surface area contributed by atoms with Gasteiger partial charge in [0.2, 0.25) is 20.0 Å². The SMILES string of the molecule is CC(C)(C)OC(=O)CS(=O)(=O)N1CCN(c2cnc(Br)cn2)CC1.CS(=O)(=O)N1CCN(c2cnc(Br)cn2)CC1. The molecule has 0 amide bonds. The van der Waals surface area contributed by atoms with Gasteiger partial charge in [0.05, 0.1) is 31.0 Å². The van der Waals surface area contributed by atoms with E-state index in [1.807, 2.05) is 9.80 Å². The lowest BCUT2D eigenvalue weighted by molar-refractivity contribution is -0.151. The third-order valence-electron chi connectivity index (χ3n) is 5.92. The van der Waals surface area contributed by atoms with Gasteiger partial charge in [-0.3, -0.25) is 4.79 Å². The molecule has 2 aliphatic heterocycles. The Morgan fingerprint density at radius 3 is 1.51 bits per heavy atom. The number of hydrogen-bond donors (Lipinski definition) is 0. The van der Waals surface area contributed by atoms with Crippen LogP contribution in [0.5, 0.6) is 0 Å². The predicted molar refractivity (Wildman–Crippen MR) is 162 cm³/mol. The molecule has 2 saturated heterocycles. The van der Waals surface area contributed by atoms with Crippen LogP contribution in [0.1, 0.15) is 20.8 Å². The molecule has 18 heteroatoms. The zero-order valence-corrected chi connectivity index (χ0v) is 28.1. The summed E-state index contributed by atoms with van der Waals surface area (Å²) in [6.45, 7) is 8.96. The molecular weight excluding hydrogens is 708 g/mol. The first kappa shape index (κ1) is 33.5. The summed E-state index contributed by atoms with van der Waals surface area (Å²) < 4.78 is 56.6. The van der Waals surface area contributed by atoms with Crippen molar-refractivity contribution in [2.45, 2.75) is 26.4 Å². The molecule has 14 nitrogen and oxygen atoms in total. The van der Waals surface area contributed by atoms with Crippen LogP contribution in [0.25, 0.3) is 0 Å². The van der Waals surface area contributed by atoms with Gasteiger partial charge in [-0.1, -0.05) is 0 Å². The van der Waals surface area contributed by atoms with Crippen molar-refractivity contribution in [1.82, 2.24) is 28.5 Å². The average Bonchev–Trinajstić information content (AvgIpc) is 2.88. The first-order chi connectivity index (χ1) is 19.0. The number of rotatable bonds is 6. The number of sulfonamides is 2. The number of carbonyl (C=O) groups excluding carboxylic acids is 1. The van der Waals surface area contributed by atoms with Crippen molar-refractivity contribution >= 4 is 69.5 Å². The average molecular weight is 743 g/mol. The fraction of sp³-hybridized carbons (Fsp3) is 0.609. The van der Waals surface area contributed by atoms with Gasteiger partial charge in [-0.05, 0) is 52.6 Å². The molecule has 0 aliphatic carbocycles. The first-order valence-corrected chi connectivity index (χ1v) is 17.7. The molecule has 0 radical (unpaired) electrons. The van der Waals surface area contributed by atoms with Crippen LogP contribution in [0.2, 0.25) is 0 Å². The van der Waals surface area contributed by atoms with E-state index < -0.39 is 37.4 Å². The molecule has 0 spiro atoms. The van der Waals surface area contributed by atoms with Crippen molar-refractivity contribution in [2.24, 2.45) is 0 Å². The Morgan fingerprint density at radius 1 is 0.756 bits per heavy atom. The van der Waals surface area contributed by atoms with Crippen molar-refractivity contribution in [2.75, 3.05) is 74.2 Å². The highest BCUT2D eigenvalue weighted by Gasteiger charge is 2.31. The molecule has 0 saturated carbocycles. The summed E-state index contributed by atoms with van der Waals surface area (Å²) in [5.41, 5.74) is -0.703. The summed E-state index contributed by atoms with van der Waals surface area (Å²) in [4.78, 5) is 32.5. The third kappa shape index (κ3) is 10.7. The van der Waals surface area contributed by atoms with Crippen molar-refractivity contribution < 1.29 is 26.4 Å². The van der Waals surface area contributed by atoms with Crippen LogP contribution in [0.3, 0.4) is 0 Å². The molecule has 0 bridgehead atoms. The number of nitrogens with zero attached hydrogens (tertiary/aromatic N) is 8. The maximum absolute atomic E-state index is 12.3. The zero-order valence-electron chi connectivity index (χ0n) is 23.3. The predicted octanol–water partition coefficient (Wildman–Crippen LogP) is 1.35. The van der Waals surface area contributed by atoms with E-state index in [0.717, 1.165) is 5.82 Å². The van der Waals surface area contributed by atoms with Gasteiger partial charge in [0, 0.05) is 52.4 Å².